The molecule has 0 saturated carbocycles. The Morgan fingerprint density at radius 1 is 1.41 bits per heavy atom. The molecule has 22 heavy (non-hydrogen) atoms. The molecule has 8 heteroatoms. The van der Waals surface area contributed by atoms with Gasteiger partial charge in [0.25, 0.3) is 0 Å². The van der Waals surface area contributed by atoms with Crippen LogP contribution in [0, 0.1) is 0 Å². The van der Waals surface area contributed by atoms with Crippen LogP contribution in [-0.4, -0.2) is 27.6 Å². The summed E-state index contributed by atoms with van der Waals surface area (Å²) >= 11 is 10.5. The molecule has 4 nitrogen and oxygen atoms in total. The van der Waals surface area contributed by atoms with Crippen molar-refractivity contribution < 1.29 is 4.79 Å². The standard InChI is InChI=1S/C14H16ClN3OS3/c1-2-6-21-14-18-17-13(22-14)16-12(19)9-20-8-10-4-3-5-11(15)7-10/h3-5,7H,2,6,8-9H2,1H3,(H,16,17,19). The highest BCUT2D eigenvalue weighted by atomic mass is 35.5. The fraction of sp³-hybridized carbons (Fsp3) is 0.357. The Morgan fingerprint density at radius 2 is 2.27 bits per heavy atom. The lowest BCUT2D eigenvalue weighted by molar-refractivity contribution is -0.113. The summed E-state index contributed by atoms with van der Waals surface area (Å²) in [5.74, 6) is 2.08. The Balaban J connectivity index is 1.72. The second-order valence-electron chi connectivity index (χ2n) is 4.39. The average Bonchev–Trinajstić information content (AvgIpc) is 2.92. The first-order chi connectivity index (χ1) is 10.7. The van der Waals surface area contributed by atoms with Crippen molar-refractivity contribution in [3.8, 4) is 0 Å². The largest absolute Gasteiger partial charge is 0.300 e. The first-order valence-electron chi connectivity index (χ1n) is 6.75. The summed E-state index contributed by atoms with van der Waals surface area (Å²) in [7, 11) is 0. The van der Waals surface area contributed by atoms with Gasteiger partial charge in [0.1, 0.15) is 0 Å². The smallest absolute Gasteiger partial charge is 0.236 e. The summed E-state index contributed by atoms with van der Waals surface area (Å²) in [5, 5.41) is 12.1. The summed E-state index contributed by atoms with van der Waals surface area (Å²) in [4.78, 5) is 11.9. The number of amides is 1. The van der Waals surface area contributed by atoms with Gasteiger partial charge in [-0.15, -0.1) is 22.0 Å². The number of nitrogens with zero attached hydrogens (tertiary/aromatic N) is 2. The minimum Gasteiger partial charge on any atom is -0.300 e. The van der Waals surface area contributed by atoms with Crippen LogP contribution in [0.1, 0.15) is 18.9 Å². The van der Waals surface area contributed by atoms with E-state index in [4.69, 9.17) is 11.6 Å². The summed E-state index contributed by atoms with van der Waals surface area (Å²) < 4.78 is 0.892. The summed E-state index contributed by atoms with van der Waals surface area (Å²) in [6.07, 6.45) is 1.09. The molecule has 0 aliphatic rings. The van der Waals surface area contributed by atoms with Crippen molar-refractivity contribution in [3.63, 3.8) is 0 Å². The Morgan fingerprint density at radius 3 is 3.05 bits per heavy atom. The topological polar surface area (TPSA) is 54.9 Å². The Labute approximate surface area is 147 Å². The average molecular weight is 374 g/mol. The molecule has 1 aromatic carbocycles. The summed E-state index contributed by atoms with van der Waals surface area (Å²) in [6, 6.07) is 7.66. The minimum atomic E-state index is -0.0600. The number of hydrogen-bond donors (Lipinski definition) is 1. The van der Waals surface area contributed by atoms with Crippen molar-refractivity contribution in [1.29, 1.82) is 0 Å². The van der Waals surface area contributed by atoms with Crippen LogP contribution in [0.5, 0.6) is 0 Å². The molecule has 2 rings (SSSR count). The molecule has 0 spiro atoms. The van der Waals surface area contributed by atoms with Crippen molar-refractivity contribution >= 4 is 57.5 Å². The maximum atomic E-state index is 11.9. The number of nitrogens with one attached hydrogen (secondary N) is 1. The zero-order valence-corrected chi connectivity index (χ0v) is 15.2. The summed E-state index contributed by atoms with van der Waals surface area (Å²) in [6.45, 7) is 2.12. The van der Waals surface area contributed by atoms with Gasteiger partial charge < -0.3 is 0 Å². The molecule has 0 saturated heterocycles. The normalized spacial score (nSPS) is 10.6. The number of carbonyl (C=O) groups excluding carboxylic acids is 1. The van der Waals surface area contributed by atoms with E-state index in [1.54, 1.807) is 23.5 Å². The predicted molar refractivity (Wildman–Crippen MR) is 97.2 cm³/mol. The molecule has 2 aromatic rings. The molecular formula is C14H16ClN3OS3. The summed E-state index contributed by atoms with van der Waals surface area (Å²) in [5.41, 5.74) is 1.11. The third-order valence-corrected chi connectivity index (χ3v) is 5.89. The van der Waals surface area contributed by atoms with E-state index in [0.29, 0.717) is 15.9 Å². The van der Waals surface area contributed by atoms with E-state index in [0.717, 1.165) is 27.8 Å². The van der Waals surface area contributed by atoms with Crippen molar-refractivity contribution in [2.24, 2.45) is 0 Å². The molecule has 0 atom stereocenters. The quantitative estimate of drug-likeness (QED) is 0.542. The number of halogens is 1. The number of thioether (sulfide) groups is 2. The van der Waals surface area contributed by atoms with Crippen LogP contribution in [0.2, 0.25) is 5.02 Å². The van der Waals surface area contributed by atoms with Gasteiger partial charge in [-0.2, -0.15) is 0 Å². The highest BCUT2D eigenvalue weighted by Crippen LogP contribution is 2.26. The lowest BCUT2D eigenvalue weighted by Gasteiger charge is -2.02. The lowest BCUT2D eigenvalue weighted by atomic mass is 10.2. The third kappa shape index (κ3) is 6.16. The van der Waals surface area contributed by atoms with E-state index in [1.807, 2.05) is 24.3 Å². The zero-order chi connectivity index (χ0) is 15.8. The van der Waals surface area contributed by atoms with Gasteiger partial charge in [-0.05, 0) is 24.1 Å². The number of carbonyl (C=O) groups is 1. The van der Waals surface area contributed by atoms with E-state index in [2.05, 4.69) is 22.4 Å². The fourth-order valence-corrected chi connectivity index (χ4v) is 4.23. The van der Waals surface area contributed by atoms with Gasteiger partial charge in [-0.25, -0.2) is 0 Å². The van der Waals surface area contributed by atoms with Crippen LogP contribution in [0.3, 0.4) is 0 Å². The van der Waals surface area contributed by atoms with Gasteiger partial charge in [0.15, 0.2) is 4.34 Å². The molecule has 1 heterocycles. The monoisotopic (exact) mass is 373 g/mol. The Bertz CT molecular complexity index is 621. The predicted octanol–water partition coefficient (Wildman–Crippen LogP) is 4.57. The molecule has 0 radical (unpaired) electrons. The molecule has 1 amide bonds. The molecule has 0 fully saturated rings. The number of anilines is 1. The number of hydrogen-bond acceptors (Lipinski definition) is 6. The maximum Gasteiger partial charge on any atom is 0.236 e. The first kappa shape index (κ1) is 17.6. The number of benzene rings is 1. The third-order valence-electron chi connectivity index (χ3n) is 2.47. The Kier molecular flexibility index (Phi) is 7.51. The van der Waals surface area contributed by atoms with Crippen molar-refractivity contribution in [2.45, 2.75) is 23.4 Å². The van der Waals surface area contributed by atoms with E-state index < -0.39 is 0 Å². The van der Waals surface area contributed by atoms with E-state index in [1.165, 1.54) is 11.3 Å². The van der Waals surface area contributed by atoms with E-state index in [9.17, 15) is 4.79 Å². The lowest BCUT2D eigenvalue weighted by Crippen LogP contribution is -2.13. The van der Waals surface area contributed by atoms with Gasteiger partial charge >= 0.3 is 0 Å². The van der Waals surface area contributed by atoms with Crippen LogP contribution in [-0.2, 0) is 10.5 Å². The molecule has 0 aliphatic heterocycles. The van der Waals surface area contributed by atoms with Crippen molar-refractivity contribution in [3.05, 3.63) is 34.9 Å². The fourth-order valence-electron chi connectivity index (χ4n) is 1.55. The molecule has 118 valence electrons. The van der Waals surface area contributed by atoms with Gasteiger partial charge in [0, 0.05) is 16.5 Å². The molecule has 0 bridgehead atoms. The van der Waals surface area contributed by atoms with Gasteiger partial charge in [0.05, 0.1) is 5.75 Å². The van der Waals surface area contributed by atoms with Crippen LogP contribution in [0.4, 0.5) is 5.13 Å². The SMILES string of the molecule is CCCSc1nnc(NC(=O)CSCc2cccc(Cl)c2)s1. The van der Waals surface area contributed by atoms with Crippen molar-refractivity contribution in [2.75, 3.05) is 16.8 Å². The molecular weight excluding hydrogens is 358 g/mol. The van der Waals surface area contributed by atoms with Gasteiger partial charge in [0.2, 0.25) is 11.0 Å². The van der Waals surface area contributed by atoms with Crippen molar-refractivity contribution in [1.82, 2.24) is 10.2 Å². The minimum absolute atomic E-state index is 0.0600. The van der Waals surface area contributed by atoms with E-state index in [-0.39, 0.29) is 5.91 Å². The Hall–Kier alpha value is -0.760. The molecule has 0 unspecified atom stereocenters. The molecule has 1 aromatic heterocycles. The molecule has 0 aliphatic carbocycles. The first-order valence-corrected chi connectivity index (χ1v) is 10.1. The second-order valence-corrected chi connectivity index (χ2v) is 8.13. The van der Waals surface area contributed by atoms with Gasteiger partial charge in [-0.1, -0.05) is 53.8 Å². The molecule has 1 N–H and O–H groups in total. The second kappa shape index (κ2) is 9.39. The highest BCUT2D eigenvalue weighted by Gasteiger charge is 2.08. The van der Waals surface area contributed by atoms with Crippen LogP contribution in [0.25, 0.3) is 0 Å². The zero-order valence-electron chi connectivity index (χ0n) is 12.0. The number of aromatic nitrogens is 2. The highest BCUT2D eigenvalue weighted by molar-refractivity contribution is 8.01. The van der Waals surface area contributed by atoms with E-state index >= 15 is 0 Å². The van der Waals surface area contributed by atoms with Crippen LogP contribution >= 0.6 is 46.5 Å². The van der Waals surface area contributed by atoms with Crippen LogP contribution in [0.15, 0.2) is 28.6 Å². The van der Waals surface area contributed by atoms with Crippen LogP contribution < -0.4 is 5.32 Å². The van der Waals surface area contributed by atoms with Gasteiger partial charge in [-0.3, -0.25) is 10.1 Å². The number of rotatable bonds is 8. The maximum absolute atomic E-state index is 11.9.